The van der Waals surface area contributed by atoms with Crippen molar-refractivity contribution in [1.82, 2.24) is 15.3 Å². The van der Waals surface area contributed by atoms with Gasteiger partial charge in [-0.15, -0.1) is 0 Å². The lowest BCUT2D eigenvalue weighted by Crippen LogP contribution is -2.21. The fourth-order valence-electron chi connectivity index (χ4n) is 2.97. The minimum Gasteiger partial charge on any atom is -0.341 e. The minimum atomic E-state index is 0.385. The molecule has 3 nitrogen and oxygen atoms in total. The molecule has 2 N–H and O–H groups in total. The Morgan fingerprint density at radius 2 is 1.90 bits per heavy atom. The summed E-state index contributed by atoms with van der Waals surface area (Å²) in [6, 6.07) is 9.19. The standard InChI is InChI=1S/C18H25N3/c1-13(2)14-7-9-15(10-8-14)17-12-20-18(21-17)16-6-4-3-5-11-19-16/h7-10,12-13,16,19H,3-6,11H2,1-2H3,(H,20,21). The molecule has 2 heterocycles. The molecule has 3 rings (SSSR count). The Morgan fingerprint density at radius 3 is 2.67 bits per heavy atom. The van der Waals surface area contributed by atoms with Crippen LogP contribution in [0, 0.1) is 0 Å². The zero-order valence-corrected chi connectivity index (χ0v) is 13.0. The number of hydrogen-bond donors (Lipinski definition) is 2. The van der Waals surface area contributed by atoms with Crippen molar-refractivity contribution in [3.05, 3.63) is 41.9 Å². The van der Waals surface area contributed by atoms with Gasteiger partial charge >= 0.3 is 0 Å². The second-order valence-electron chi connectivity index (χ2n) is 6.31. The Morgan fingerprint density at radius 1 is 1.10 bits per heavy atom. The number of benzene rings is 1. The molecular weight excluding hydrogens is 258 g/mol. The van der Waals surface area contributed by atoms with Crippen LogP contribution in [0.2, 0.25) is 0 Å². The summed E-state index contributed by atoms with van der Waals surface area (Å²) in [5.74, 6) is 1.66. The fourth-order valence-corrected chi connectivity index (χ4v) is 2.97. The van der Waals surface area contributed by atoms with Gasteiger partial charge in [-0.25, -0.2) is 4.98 Å². The second-order valence-corrected chi connectivity index (χ2v) is 6.31. The molecule has 1 aliphatic heterocycles. The van der Waals surface area contributed by atoms with E-state index in [9.17, 15) is 0 Å². The van der Waals surface area contributed by atoms with Crippen molar-refractivity contribution >= 4 is 0 Å². The molecule has 1 aliphatic rings. The molecule has 2 aromatic rings. The van der Waals surface area contributed by atoms with Gasteiger partial charge in [-0.2, -0.15) is 0 Å². The maximum Gasteiger partial charge on any atom is 0.123 e. The Hall–Kier alpha value is -1.61. The van der Waals surface area contributed by atoms with Gasteiger partial charge < -0.3 is 10.3 Å². The molecule has 0 spiro atoms. The van der Waals surface area contributed by atoms with Crippen LogP contribution < -0.4 is 5.32 Å². The van der Waals surface area contributed by atoms with Crippen molar-refractivity contribution in [3.8, 4) is 11.3 Å². The van der Waals surface area contributed by atoms with E-state index in [0.29, 0.717) is 12.0 Å². The van der Waals surface area contributed by atoms with E-state index < -0.39 is 0 Å². The van der Waals surface area contributed by atoms with Crippen LogP contribution in [-0.4, -0.2) is 16.5 Å². The quantitative estimate of drug-likeness (QED) is 0.876. The summed E-state index contributed by atoms with van der Waals surface area (Å²) in [6.45, 7) is 5.55. The molecular formula is C18H25N3. The topological polar surface area (TPSA) is 40.7 Å². The minimum absolute atomic E-state index is 0.385. The molecule has 1 fully saturated rings. The van der Waals surface area contributed by atoms with Gasteiger partial charge in [0, 0.05) is 0 Å². The van der Waals surface area contributed by atoms with Crippen LogP contribution in [-0.2, 0) is 0 Å². The van der Waals surface area contributed by atoms with Gasteiger partial charge in [0.15, 0.2) is 0 Å². The summed E-state index contributed by atoms with van der Waals surface area (Å²) in [5, 5.41) is 3.59. The summed E-state index contributed by atoms with van der Waals surface area (Å²) < 4.78 is 0. The average Bonchev–Trinajstić information content (AvgIpc) is 2.83. The predicted octanol–water partition coefficient (Wildman–Crippen LogP) is 4.40. The Bertz CT molecular complexity index is 560. The first kappa shape index (κ1) is 14.3. The number of imidazole rings is 1. The molecule has 1 aromatic carbocycles. The first-order chi connectivity index (χ1) is 10.2. The third-order valence-electron chi connectivity index (χ3n) is 4.37. The van der Waals surface area contributed by atoms with E-state index in [-0.39, 0.29) is 0 Å². The van der Waals surface area contributed by atoms with Crippen LogP contribution in [0.3, 0.4) is 0 Å². The monoisotopic (exact) mass is 283 g/mol. The summed E-state index contributed by atoms with van der Waals surface area (Å²) in [5.41, 5.74) is 3.71. The third-order valence-corrected chi connectivity index (χ3v) is 4.37. The number of hydrogen-bond acceptors (Lipinski definition) is 2. The van der Waals surface area contributed by atoms with Crippen LogP contribution in [0.5, 0.6) is 0 Å². The van der Waals surface area contributed by atoms with Gasteiger partial charge in [-0.1, -0.05) is 51.0 Å². The van der Waals surface area contributed by atoms with Crippen molar-refractivity contribution in [3.63, 3.8) is 0 Å². The number of aromatic nitrogens is 2. The van der Waals surface area contributed by atoms with Gasteiger partial charge in [0.05, 0.1) is 17.9 Å². The average molecular weight is 283 g/mol. The molecule has 3 heteroatoms. The Balaban J connectivity index is 1.77. The lowest BCUT2D eigenvalue weighted by Gasteiger charge is -2.12. The SMILES string of the molecule is CC(C)c1ccc(-c2cnc(C3CCCCCN3)[nH]2)cc1. The molecule has 1 aromatic heterocycles. The van der Waals surface area contributed by atoms with E-state index in [1.54, 1.807) is 0 Å². The van der Waals surface area contributed by atoms with E-state index in [0.717, 1.165) is 18.1 Å². The number of nitrogens with zero attached hydrogens (tertiary/aromatic N) is 1. The zero-order chi connectivity index (χ0) is 14.7. The van der Waals surface area contributed by atoms with Crippen molar-refractivity contribution in [2.75, 3.05) is 6.54 Å². The normalized spacial score (nSPS) is 19.7. The van der Waals surface area contributed by atoms with E-state index in [2.05, 4.69) is 53.4 Å². The Labute approximate surface area is 127 Å². The molecule has 112 valence electrons. The van der Waals surface area contributed by atoms with Crippen molar-refractivity contribution < 1.29 is 0 Å². The van der Waals surface area contributed by atoms with E-state index in [1.807, 2.05) is 6.20 Å². The van der Waals surface area contributed by atoms with Crippen LogP contribution in [0.1, 0.15) is 62.9 Å². The summed E-state index contributed by atoms with van der Waals surface area (Å²) in [4.78, 5) is 8.10. The highest BCUT2D eigenvalue weighted by atomic mass is 15.0. The largest absolute Gasteiger partial charge is 0.341 e. The van der Waals surface area contributed by atoms with Crippen LogP contribution >= 0.6 is 0 Å². The molecule has 0 amide bonds. The van der Waals surface area contributed by atoms with Crippen molar-refractivity contribution in [2.45, 2.75) is 51.5 Å². The number of aromatic amines is 1. The van der Waals surface area contributed by atoms with Crippen LogP contribution in [0.15, 0.2) is 30.5 Å². The zero-order valence-electron chi connectivity index (χ0n) is 13.0. The molecule has 1 saturated heterocycles. The highest BCUT2D eigenvalue weighted by molar-refractivity contribution is 5.59. The lowest BCUT2D eigenvalue weighted by atomic mass is 10.0. The molecule has 1 unspecified atom stereocenters. The molecule has 0 aliphatic carbocycles. The second kappa shape index (κ2) is 6.44. The molecule has 0 saturated carbocycles. The first-order valence-electron chi connectivity index (χ1n) is 8.12. The maximum absolute atomic E-state index is 4.60. The van der Waals surface area contributed by atoms with Gasteiger partial charge in [0.1, 0.15) is 5.82 Å². The van der Waals surface area contributed by atoms with Gasteiger partial charge in [-0.05, 0) is 36.4 Å². The van der Waals surface area contributed by atoms with Crippen LogP contribution in [0.4, 0.5) is 0 Å². The summed E-state index contributed by atoms with van der Waals surface area (Å²) >= 11 is 0. The van der Waals surface area contributed by atoms with E-state index in [1.165, 1.54) is 36.8 Å². The molecule has 21 heavy (non-hydrogen) atoms. The van der Waals surface area contributed by atoms with Gasteiger partial charge in [0.2, 0.25) is 0 Å². The Kier molecular flexibility index (Phi) is 4.39. The van der Waals surface area contributed by atoms with Crippen LogP contribution in [0.25, 0.3) is 11.3 Å². The van der Waals surface area contributed by atoms with E-state index >= 15 is 0 Å². The summed E-state index contributed by atoms with van der Waals surface area (Å²) in [7, 11) is 0. The maximum atomic E-state index is 4.60. The number of H-pyrrole nitrogens is 1. The van der Waals surface area contributed by atoms with E-state index in [4.69, 9.17) is 0 Å². The predicted molar refractivity (Wildman–Crippen MR) is 87.3 cm³/mol. The van der Waals surface area contributed by atoms with Gasteiger partial charge in [-0.3, -0.25) is 0 Å². The number of nitrogens with one attached hydrogen (secondary N) is 2. The first-order valence-corrected chi connectivity index (χ1v) is 8.12. The highest BCUT2D eigenvalue weighted by Gasteiger charge is 2.16. The lowest BCUT2D eigenvalue weighted by molar-refractivity contribution is 0.512. The summed E-state index contributed by atoms with van der Waals surface area (Å²) in [6.07, 6.45) is 7.04. The molecule has 1 atom stereocenters. The molecule has 0 bridgehead atoms. The van der Waals surface area contributed by atoms with Crippen molar-refractivity contribution in [2.24, 2.45) is 0 Å². The fraction of sp³-hybridized carbons (Fsp3) is 0.500. The smallest absolute Gasteiger partial charge is 0.123 e. The molecule has 0 radical (unpaired) electrons. The number of rotatable bonds is 3. The van der Waals surface area contributed by atoms with Crippen molar-refractivity contribution in [1.29, 1.82) is 0 Å². The third kappa shape index (κ3) is 3.35. The van der Waals surface area contributed by atoms with Gasteiger partial charge in [0.25, 0.3) is 0 Å². The highest BCUT2D eigenvalue weighted by Crippen LogP contribution is 2.25.